The van der Waals surface area contributed by atoms with Crippen molar-refractivity contribution < 1.29 is 4.42 Å². The number of nitrogens with zero attached hydrogens (tertiary/aromatic N) is 6. The fraction of sp³-hybridized carbons (Fsp3) is 0. The monoisotopic (exact) mass is 894 g/mol. The van der Waals surface area contributed by atoms with Crippen molar-refractivity contribution in [3.63, 3.8) is 0 Å². The highest BCUT2D eigenvalue weighted by Gasteiger charge is 2.23. The lowest BCUT2D eigenvalue weighted by atomic mass is 9.99. The van der Waals surface area contributed by atoms with Crippen LogP contribution in [0.25, 0.3) is 139 Å². The Morgan fingerprint density at radius 3 is 1.37 bits per heavy atom. The predicted octanol–water partition coefficient (Wildman–Crippen LogP) is 16.1. The van der Waals surface area contributed by atoms with Gasteiger partial charge in [-0.05, 0) is 78.4 Å². The van der Waals surface area contributed by atoms with E-state index in [1.165, 1.54) is 16.3 Å². The van der Waals surface area contributed by atoms with E-state index >= 15 is 0 Å². The van der Waals surface area contributed by atoms with E-state index in [-0.39, 0.29) is 0 Å². The Labute approximate surface area is 400 Å². The highest BCUT2D eigenvalue weighted by atomic mass is 16.3. The van der Waals surface area contributed by atoms with Crippen molar-refractivity contribution in [2.45, 2.75) is 0 Å². The lowest BCUT2D eigenvalue weighted by Crippen LogP contribution is -2.06. The van der Waals surface area contributed by atoms with Crippen LogP contribution in [0.15, 0.2) is 235 Å². The summed E-state index contributed by atoms with van der Waals surface area (Å²) in [5.74, 6) is 1.80. The maximum atomic E-state index is 6.85. The third-order valence-corrected chi connectivity index (χ3v) is 14.1. The minimum Gasteiger partial charge on any atom is -0.455 e. The van der Waals surface area contributed by atoms with E-state index in [9.17, 15) is 0 Å². The molecule has 0 radical (unpaired) electrons. The number of aromatic nitrogens is 6. The zero-order valence-electron chi connectivity index (χ0n) is 37.5. The molecule has 70 heavy (non-hydrogen) atoms. The first-order chi connectivity index (χ1) is 34.7. The van der Waals surface area contributed by atoms with Crippen LogP contribution < -0.4 is 0 Å². The Hall–Kier alpha value is -9.59. The van der Waals surface area contributed by atoms with E-state index < -0.39 is 0 Å². The van der Waals surface area contributed by atoms with Gasteiger partial charge in [0.15, 0.2) is 11.6 Å². The van der Waals surface area contributed by atoms with Crippen LogP contribution in [0.3, 0.4) is 0 Å². The molecule has 0 fully saturated rings. The van der Waals surface area contributed by atoms with Gasteiger partial charge in [0.2, 0.25) is 5.95 Å². The molecule has 0 atom stereocenters. The van der Waals surface area contributed by atoms with Crippen molar-refractivity contribution in [3.05, 3.63) is 231 Å². The highest BCUT2D eigenvalue weighted by Crippen LogP contribution is 2.44. The average molecular weight is 895 g/mol. The van der Waals surface area contributed by atoms with E-state index in [0.29, 0.717) is 17.6 Å². The Morgan fingerprint density at radius 2 is 0.757 bits per heavy atom. The number of hydrogen-bond acceptors (Lipinski definition) is 4. The molecule has 0 aliphatic rings. The van der Waals surface area contributed by atoms with Gasteiger partial charge in [-0.2, -0.15) is 9.97 Å². The molecule has 10 aromatic carbocycles. The molecule has 0 saturated heterocycles. The van der Waals surface area contributed by atoms with Gasteiger partial charge in [0.25, 0.3) is 0 Å². The van der Waals surface area contributed by atoms with Crippen molar-refractivity contribution in [1.82, 2.24) is 28.7 Å². The van der Waals surface area contributed by atoms with Crippen LogP contribution in [0.1, 0.15) is 0 Å². The Kier molecular flexibility index (Phi) is 8.23. The summed E-state index contributed by atoms with van der Waals surface area (Å²) < 4.78 is 13.9. The largest absolute Gasteiger partial charge is 0.455 e. The first kappa shape index (κ1) is 38.5. The van der Waals surface area contributed by atoms with Crippen molar-refractivity contribution in [3.8, 4) is 51.2 Å². The minimum atomic E-state index is 0.563. The van der Waals surface area contributed by atoms with Gasteiger partial charge in [0.1, 0.15) is 11.2 Å². The molecule has 326 valence electrons. The summed E-state index contributed by atoms with van der Waals surface area (Å²) in [6, 6.07) is 81.5. The standard InChI is InChI=1S/C63H38N6O/c1-4-18-39(19-5-1)61-64-62(40-20-6-2-7-21-40)66-63(65-61)69-55-30-16-12-26-46(55)51-37-57-50(38-58(51)69)45-25-11-15-29-54(45)68(57)43-35-48(60-52(36-43)47-27-13-17-31-59(47)70-60)41-32-33-56-49(34-41)44-24-10-14-28-53(44)67(56)42-22-8-3-9-23-42/h1-38H. The van der Waals surface area contributed by atoms with Crippen molar-refractivity contribution in [2.24, 2.45) is 0 Å². The van der Waals surface area contributed by atoms with Gasteiger partial charge in [0, 0.05) is 71.2 Å². The molecule has 7 heteroatoms. The topological polar surface area (TPSA) is 66.6 Å². The molecule has 5 heterocycles. The number of hydrogen-bond donors (Lipinski definition) is 0. The van der Waals surface area contributed by atoms with E-state index in [4.69, 9.17) is 19.4 Å². The molecule has 0 bridgehead atoms. The van der Waals surface area contributed by atoms with Crippen molar-refractivity contribution in [1.29, 1.82) is 0 Å². The van der Waals surface area contributed by atoms with Gasteiger partial charge in [-0.15, -0.1) is 0 Å². The summed E-state index contributed by atoms with van der Waals surface area (Å²) in [7, 11) is 0. The molecule has 15 rings (SSSR count). The quantitative estimate of drug-likeness (QED) is 0.167. The molecular weight excluding hydrogens is 857 g/mol. The summed E-state index contributed by atoms with van der Waals surface area (Å²) in [5, 5.41) is 9.02. The van der Waals surface area contributed by atoms with Gasteiger partial charge in [0.05, 0.1) is 33.1 Å². The van der Waals surface area contributed by atoms with Gasteiger partial charge < -0.3 is 13.6 Å². The second kappa shape index (κ2) is 15.0. The van der Waals surface area contributed by atoms with Crippen molar-refractivity contribution in [2.75, 3.05) is 0 Å². The van der Waals surface area contributed by atoms with Crippen LogP contribution in [-0.2, 0) is 0 Å². The first-order valence-electron chi connectivity index (χ1n) is 23.6. The fourth-order valence-electron chi connectivity index (χ4n) is 11.0. The molecule has 0 unspecified atom stereocenters. The fourth-order valence-corrected chi connectivity index (χ4v) is 11.0. The van der Waals surface area contributed by atoms with Crippen LogP contribution in [0.5, 0.6) is 0 Å². The van der Waals surface area contributed by atoms with Crippen LogP contribution in [0.2, 0.25) is 0 Å². The molecule has 0 saturated carbocycles. The predicted molar refractivity (Wildman–Crippen MR) is 286 cm³/mol. The first-order valence-corrected chi connectivity index (χ1v) is 23.6. The van der Waals surface area contributed by atoms with Gasteiger partial charge >= 0.3 is 0 Å². The van der Waals surface area contributed by atoms with Crippen LogP contribution >= 0.6 is 0 Å². The lowest BCUT2D eigenvalue weighted by Gasteiger charge is -2.13. The van der Waals surface area contributed by atoms with Crippen LogP contribution in [0.4, 0.5) is 0 Å². The second-order valence-corrected chi connectivity index (χ2v) is 18.0. The minimum absolute atomic E-state index is 0.563. The van der Waals surface area contributed by atoms with Crippen molar-refractivity contribution >= 4 is 87.4 Å². The van der Waals surface area contributed by atoms with E-state index in [1.54, 1.807) is 0 Å². The maximum absolute atomic E-state index is 6.85. The molecule has 0 amide bonds. The van der Waals surface area contributed by atoms with Gasteiger partial charge in [-0.1, -0.05) is 158 Å². The molecule has 0 aliphatic carbocycles. The number of rotatable bonds is 6. The highest BCUT2D eigenvalue weighted by molar-refractivity contribution is 6.20. The third-order valence-electron chi connectivity index (χ3n) is 14.1. The van der Waals surface area contributed by atoms with Crippen LogP contribution in [0, 0.1) is 0 Å². The summed E-state index contributed by atoms with van der Waals surface area (Å²) in [6.07, 6.45) is 0. The Bertz CT molecular complexity index is 4520. The number of benzene rings is 10. The van der Waals surface area contributed by atoms with E-state index in [1.807, 2.05) is 42.5 Å². The summed E-state index contributed by atoms with van der Waals surface area (Å²) in [5.41, 5.74) is 14.4. The number of furan rings is 1. The molecule has 0 spiro atoms. The third kappa shape index (κ3) is 5.72. The average Bonchev–Trinajstić information content (AvgIpc) is 4.17. The normalized spacial score (nSPS) is 12.0. The second-order valence-electron chi connectivity index (χ2n) is 18.0. The van der Waals surface area contributed by atoms with Gasteiger partial charge in [-0.3, -0.25) is 4.57 Å². The number of fused-ring (bicyclic) bond motifs is 12. The number of para-hydroxylation sites is 5. The zero-order valence-corrected chi connectivity index (χ0v) is 37.5. The maximum Gasteiger partial charge on any atom is 0.238 e. The molecule has 0 N–H and O–H groups in total. The summed E-state index contributed by atoms with van der Waals surface area (Å²) >= 11 is 0. The summed E-state index contributed by atoms with van der Waals surface area (Å²) in [6.45, 7) is 0. The zero-order chi connectivity index (χ0) is 45.9. The lowest BCUT2D eigenvalue weighted by molar-refractivity contribution is 0.670. The molecule has 15 aromatic rings. The summed E-state index contributed by atoms with van der Waals surface area (Å²) in [4.78, 5) is 15.5. The molecular formula is C63H38N6O. The molecule has 7 nitrogen and oxygen atoms in total. The van der Waals surface area contributed by atoms with Crippen LogP contribution in [-0.4, -0.2) is 28.7 Å². The Balaban J connectivity index is 0.997. The smallest absolute Gasteiger partial charge is 0.238 e. The molecule has 0 aliphatic heterocycles. The van der Waals surface area contributed by atoms with Gasteiger partial charge in [-0.25, -0.2) is 4.98 Å². The van der Waals surface area contributed by atoms with E-state index in [0.717, 1.165) is 105 Å². The Morgan fingerprint density at radius 1 is 0.286 bits per heavy atom. The SMILES string of the molecule is c1ccc(-c2nc(-c3ccccc3)nc(-n3c4ccccc4c4cc5c(cc43)c3ccccc3n5-c3cc(-c4ccc5c(c4)c4ccccc4n5-c4ccccc4)c4oc5ccccc5c4c3)n2)cc1. The molecule has 5 aromatic heterocycles. The van der Waals surface area contributed by atoms with E-state index in [2.05, 4.69) is 202 Å².